The van der Waals surface area contributed by atoms with Gasteiger partial charge in [-0.2, -0.15) is 0 Å². The van der Waals surface area contributed by atoms with Crippen LogP contribution in [0.4, 0.5) is 5.95 Å². The van der Waals surface area contributed by atoms with Crippen LogP contribution in [0, 0.1) is 0 Å². The molecule has 0 aliphatic rings. The molecule has 0 aliphatic carbocycles. The number of carbonyl (C=O) groups excluding carboxylic acids is 2. The van der Waals surface area contributed by atoms with E-state index in [9.17, 15) is 9.59 Å². The van der Waals surface area contributed by atoms with Crippen LogP contribution in [0.15, 0.2) is 54.6 Å². The molecule has 3 rings (SSSR count). The van der Waals surface area contributed by atoms with Crippen molar-refractivity contribution in [2.24, 2.45) is 0 Å². The van der Waals surface area contributed by atoms with Crippen LogP contribution < -0.4 is 15.5 Å². The molecule has 8 nitrogen and oxygen atoms in total. The quantitative estimate of drug-likeness (QED) is 0.332. The lowest BCUT2D eigenvalue weighted by Crippen LogP contribution is -2.22. The molecule has 0 bridgehead atoms. The number of nitrogens with zero attached hydrogens (tertiary/aromatic N) is 2. The van der Waals surface area contributed by atoms with Crippen LogP contribution in [0.5, 0.6) is 5.75 Å². The SMILES string of the molecule is CCn1c(NC(=O)COc2ccccc2)nc2cc(C=CC(=O)NO)ccc21. The van der Waals surface area contributed by atoms with E-state index in [1.54, 1.807) is 24.3 Å². The molecule has 0 fully saturated rings. The number of imidazole rings is 1. The van der Waals surface area contributed by atoms with E-state index in [-0.39, 0.29) is 12.5 Å². The first-order valence-electron chi connectivity index (χ1n) is 8.71. The summed E-state index contributed by atoms with van der Waals surface area (Å²) in [5.41, 5.74) is 3.80. The number of hydroxylamine groups is 1. The fourth-order valence-corrected chi connectivity index (χ4v) is 2.70. The first kappa shape index (κ1) is 19.1. The lowest BCUT2D eigenvalue weighted by Gasteiger charge is -2.08. The molecule has 0 saturated heterocycles. The van der Waals surface area contributed by atoms with E-state index in [1.807, 2.05) is 41.8 Å². The Bertz CT molecular complexity index is 1010. The average Bonchev–Trinajstić information content (AvgIpc) is 3.07. The fourth-order valence-electron chi connectivity index (χ4n) is 2.70. The summed E-state index contributed by atoms with van der Waals surface area (Å²) in [4.78, 5) is 27.8. The number of rotatable bonds is 7. The number of ether oxygens (including phenoxy) is 1. The van der Waals surface area contributed by atoms with E-state index in [0.29, 0.717) is 23.8 Å². The monoisotopic (exact) mass is 380 g/mol. The van der Waals surface area contributed by atoms with Gasteiger partial charge in [-0.25, -0.2) is 10.5 Å². The highest BCUT2D eigenvalue weighted by molar-refractivity contribution is 5.94. The van der Waals surface area contributed by atoms with Crippen LogP contribution in [0.2, 0.25) is 0 Å². The number of amides is 2. The van der Waals surface area contributed by atoms with Gasteiger partial charge in [-0.3, -0.25) is 20.1 Å². The molecule has 0 atom stereocenters. The number of hydrogen-bond donors (Lipinski definition) is 3. The van der Waals surface area contributed by atoms with Gasteiger partial charge in [-0.05, 0) is 42.8 Å². The Morgan fingerprint density at radius 3 is 2.71 bits per heavy atom. The highest BCUT2D eigenvalue weighted by atomic mass is 16.5. The van der Waals surface area contributed by atoms with Crippen molar-refractivity contribution in [1.29, 1.82) is 0 Å². The van der Waals surface area contributed by atoms with Crippen LogP contribution in [0.3, 0.4) is 0 Å². The number of para-hydroxylation sites is 1. The molecular weight excluding hydrogens is 360 g/mol. The summed E-state index contributed by atoms with van der Waals surface area (Å²) in [7, 11) is 0. The second-order valence-electron chi connectivity index (χ2n) is 5.89. The van der Waals surface area contributed by atoms with Crippen LogP contribution in [0.25, 0.3) is 17.1 Å². The number of aryl methyl sites for hydroxylation is 1. The van der Waals surface area contributed by atoms with Gasteiger partial charge in [-0.1, -0.05) is 24.3 Å². The Labute approximate surface area is 161 Å². The minimum atomic E-state index is -0.620. The molecule has 0 unspecified atom stereocenters. The van der Waals surface area contributed by atoms with E-state index in [4.69, 9.17) is 9.94 Å². The third kappa shape index (κ3) is 4.54. The minimum absolute atomic E-state index is 0.124. The van der Waals surface area contributed by atoms with Crippen LogP contribution in [0.1, 0.15) is 12.5 Å². The third-order valence-corrected chi connectivity index (χ3v) is 3.99. The lowest BCUT2D eigenvalue weighted by molar-refractivity contribution is -0.124. The Morgan fingerprint density at radius 1 is 1.21 bits per heavy atom. The number of aromatic nitrogens is 2. The highest BCUT2D eigenvalue weighted by Gasteiger charge is 2.13. The van der Waals surface area contributed by atoms with Gasteiger partial charge < -0.3 is 9.30 Å². The normalized spacial score (nSPS) is 10.9. The number of benzene rings is 2. The highest BCUT2D eigenvalue weighted by Crippen LogP contribution is 2.22. The molecule has 0 saturated carbocycles. The van der Waals surface area contributed by atoms with E-state index in [2.05, 4.69) is 10.3 Å². The maximum atomic E-state index is 12.2. The van der Waals surface area contributed by atoms with Crippen molar-refractivity contribution in [3.05, 3.63) is 60.2 Å². The molecule has 3 N–H and O–H groups in total. The summed E-state index contributed by atoms with van der Waals surface area (Å²) in [5, 5.41) is 11.3. The number of carbonyl (C=O) groups is 2. The standard InChI is InChI=1S/C20H20N4O4/c1-2-24-17-10-8-14(9-11-18(25)23-27)12-16(17)21-20(24)22-19(26)13-28-15-6-4-3-5-7-15/h3-12,27H,2,13H2,1H3,(H,23,25)(H,21,22,26). The van der Waals surface area contributed by atoms with E-state index >= 15 is 0 Å². The molecule has 8 heteroatoms. The van der Waals surface area contributed by atoms with Crippen molar-refractivity contribution in [1.82, 2.24) is 15.0 Å². The average molecular weight is 380 g/mol. The number of fused-ring (bicyclic) bond motifs is 1. The largest absolute Gasteiger partial charge is 0.484 e. The predicted molar refractivity (Wildman–Crippen MR) is 105 cm³/mol. The van der Waals surface area contributed by atoms with Crippen molar-refractivity contribution in [3.63, 3.8) is 0 Å². The molecule has 28 heavy (non-hydrogen) atoms. The van der Waals surface area contributed by atoms with Crippen LogP contribution >= 0.6 is 0 Å². The Morgan fingerprint density at radius 2 is 2.00 bits per heavy atom. The summed E-state index contributed by atoms with van der Waals surface area (Å²) in [5.74, 6) is 0.109. The zero-order chi connectivity index (χ0) is 19.9. The van der Waals surface area contributed by atoms with Crippen molar-refractivity contribution in [2.75, 3.05) is 11.9 Å². The lowest BCUT2D eigenvalue weighted by atomic mass is 10.2. The summed E-state index contributed by atoms with van der Waals surface area (Å²) >= 11 is 0. The molecule has 3 aromatic rings. The zero-order valence-electron chi connectivity index (χ0n) is 15.3. The van der Waals surface area contributed by atoms with E-state index in [1.165, 1.54) is 11.6 Å². The maximum absolute atomic E-state index is 12.2. The summed E-state index contributed by atoms with van der Waals surface area (Å²) in [6.45, 7) is 2.45. The van der Waals surface area contributed by atoms with Gasteiger partial charge in [0.15, 0.2) is 6.61 Å². The first-order valence-corrected chi connectivity index (χ1v) is 8.71. The van der Waals surface area contributed by atoms with E-state index in [0.717, 1.165) is 11.1 Å². The Hall–Kier alpha value is -3.65. The van der Waals surface area contributed by atoms with Gasteiger partial charge in [0.25, 0.3) is 11.8 Å². The minimum Gasteiger partial charge on any atom is -0.484 e. The summed E-state index contributed by atoms with van der Waals surface area (Å²) < 4.78 is 7.33. The second kappa shape index (κ2) is 8.83. The van der Waals surface area contributed by atoms with Gasteiger partial charge in [0.1, 0.15) is 5.75 Å². The molecule has 0 aliphatic heterocycles. The van der Waals surface area contributed by atoms with Crippen molar-refractivity contribution < 1.29 is 19.5 Å². The van der Waals surface area contributed by atoms with Crippen LogP contribution in [-0.2, 0) is 16.1 Å². The zero-order valence-corrected chi connectivity index (χ0v) is 15.3. The maximum Gasteiger partial charge on any atom is 0.267 e. The number of nitrogens with one attached hydrogen (secondary N) is 2. The molecule has 144 valence electrons. The van der Waals surface area contributed by atoms with Gasteiger partial charge in [0.2, 0.25) is 5.95 Å². The molecule has 1 aromatic heterocycles. The number of hydrogen-bond acceptors (Lipinski definition) is 5. The summed E-state index contributed by atoms with van der Waals surface area (Å²) in [6.07, 6.45) is 2.77. The van der Waals surface area contributed by atoms with Gasteiger partial charge in [0, 0.05) is 12.6 Å². The van der Waals surface area contributed by atoms with Crippen LogP contribution in [-0.4, -0.2) is 33.2 Å². The molecule has 1 heterocycles. The smallest absolute Gasteiger partial charge is 0.267 e. The topological polar surface area (TPSA) is 105 Å². The van der Waals surface area contributed by atoms with Gasteiger partial charge in [0.05, 0.1) is 11.0 Å². The van der Waals surface area contributed by atoms with E-state index < -0.39 is 5.91 Å². The van der Waals surface area contributed by atoms with Crippen molar-refractivity contribution >= 4 is 34.9 Å². The Kier molecular flexibility index (Phi) is 6.03. The Balaban J connectivity index is 1.75. The van der Waals surface area contributed by atoms with Gasteiger partial charge >= 0.3 is 0 Å². The van der Waals surface area contributed by atoms with Crippen molar-refractivity contribution in [3.8, 4) is 5.75 Å². The second-order valence-corrected chi connectivity index (χ2v) is 5.89. The molecule has 0 spiro atoms. The fraction of sp³-hybridized carbons (Fsp3) is 0.150. The molecule has 2 amide bonds. The molecule has 2 aromatic carbocycles. The first-order chi connectivity index (χ1) is 13.6. The van der Waals surface area contributed by atoms with Gasteiger partial charge in [-0.15, -0.1) is 0 Å². The predicted octanol–water partition coefficient (Wildman–Crippen LogP) is 2.59. The van der Waals surface area contributed by atoms with Crippen molar-refractivity contribution in [2.45, 2.75) is 13.5 Å². The third-order valence-electron chi connectivity index (χ3n) is 3.99. The summed E-state index contributed by atoms with van der Waals surface area (Å²) in [6, 6.07) is 14.6. The molecular formula is C20H20N4O4. The molecule has 0 radical (unpaired) electrons. The number of anilines is 1.